The third-order valence-electron chi connectivity index (χ3n) is 4.98. The van der Waals surface area contributed by atoms with Crippen molar-refractivity contribution in [1.29, 1.82) is 0 Å². The van der Waals surface area contributed by atoms with Gasteiger partial charge >= 0.3 is 6.03 Å². The Morgan fingerprint density at radius 3 is 2.79 bits per heavy atom. The molecule has 1 saturated heterocycles. The highest BCUT2D eigenvalue weighted by Crippen LogP contribution is 2.20. The molecule has 3 amide bonds. The maximum absolute atomic E-state index is 12.8. The van der Waals surface area contributed by atoms with Gasteiger partial charge in [-0.2, -0.15) is 5.10 Å². The maximum Gasteiger partial charge on any atom is 0.329 e. The van der Waals surface area contributed by atoms with Gasteiger partial charge in [0.05, 0.1) is 17.5 Å². The molecule has 0 bridgehead atoms. The van der Waals surface area contributed by atoms with Crippen LogP contribution in [0.15, 0.2) is 41.2 Å². The van der Waals surface area contributed by atoms with Crippen molar-refractivity contribution in [3.63, 3.8) is 0 Å². The molecule has 1 atom stereocenters. The van der Waals surface area contributed by atoms with Crippen LogP contribution in [0, 0.1) is 20.8 Å². The van der Waals surface area contributed by atoms with Gasteiger partial charge in [0.2, 0.25) is 12.7 Å². The van der Waals surface area contributed by atoms with Crippen molar-refractivity contribution >= 4 is 17.6 Å². The predicted molar refractivity (Wildman–Crippen MR) is 101 cm³/mol. The van der Waals surface area contributed by atoms with Crippen LogP contribution in [0.4, 0.5) is 10.5 Å². The van der Waals surface area contributed by atoms with Gasteiger partial charge in [-0.25, -0.2) is 9.69 Å². The lowest BCUT2D eigenvalue weighted by molar-refractivity contribution is -0.742. The van der Waals surface area contributed by atoms with E-state index >= 15 is 0 Å². The van der Waals surface area contributed by atoms with Gasteiger partial charge < -0.3 is 9.84 Å². The summed E-state index contributed by atoms with van der Waals surface area (Å²) in [6, 6.07) is 6.96. The zero-order chi connectivity index (χ0) is 19.8. The van der Waals surface area contributed by atoms with Gasteiger partial charge in [0.1, 0.15) is 17.5 Å². The van der Waals surface area contributed by atoms with E-state index in [2.05, 4.69) is 15.6 Å². The molecule has 0 aliphatic carbocycles. The van der Waals surface area contributed by atoms with Gasteiger partial charge in [0.25, 0.3) is 5.91 Å². The molecule has 1 fully saturated rings. The van der Waals surface area contributed by atoms with Crippen molar-refractivity contribution in [3.05, 3.63) is 64.8 Å². The SMILES string of the molecule is Cc1cccc(CC2NC(=O)N(c3c[nH][n+](Cc4c(C)noc4C)c3)C2=O)c1. The van der Waals surface area contributed by atoms with E-state index in [1.54, 1.807) is 17.1 Å². The Labute approximate surface area is 162 Å². The lowest BCUT2D eigenvalue weighted by Gasteiger charge is -2.09. The van der Waals surface area contributed by atoms with E-state index in [-0.39, 0.29) is 5.91 Å². The maximum atomic E-state index is 12.8. The predicted octanol–water partition coefficient (Wildman–Crippen LogP) is 1.93. The number of aryl methyl sites for hydroxylation is 3. The van der Waals surface area contributed by atoms with Crippen molar-refractivity contribution in [3.8, 4) is 0 Å². The Morgan fingerprint density at radius 1 is 1.25 bits per heavy atom. The van der Waals surface area contributed by atoms with Crippen LogP contribution >= 0.6 is 0 Å². The number of anilines is 1. The van der Waals surface area contributed by atoms with Crippen LogP contribution < -0.4 is 14.9 Å². The second kappa shape index (κ2) is 6.95. The van der Waals surface area contributed by atoms with Gasteiger partial charge in [-0.05, 0) is 26.3 Å². The molecule has 3 heterocycles. The molecule has 0 radical (unpaired) electrons. The van der Waals surface area contributed by atoms with Gasteiger partial charge in [-0.1, -0.05) is 35.0 Å². The number of aromatic nitrogens is 3. The molecular weight excluding hydrogens is 358 g/mol. The minimum absolute atomic E-state index is 0.255. The molecule has 8 nitrogen and oxygen atoms in total. The van der Waals surface area contributed by atoms with Crippen LogP contribution in [0.1, 0.15) is 28.1 Å². The monoisotopic (exact) mass is 380 g/mol. The number of imide groups is 1. The average Bonchev–Trinajstić information content (AvgIpc) is 3.30. The first kappa shape index (κ1) is 18.0. The van der Waals surface area contributed by atoms with Crippen molar-refractivity contribution < 1.29 is 18.8 Å². The number of hydrogen-bond acceptors (Lipinski definition) is 4. The molecule has 1 aliphatic rings. The Kier molecular flexibility index (Phi) is 4.46. The van der Waals surface area contributed by atoms with E-state index in [0.717, 1.165) is 28.1 Å². The Morgan fingerprint density at radius 2 is 2.07 bits per heavy atom. The molecule has 0 saturated carbocycles. The van der Waals surface area contributed by atoms with E-state index in [0.29, 0.717) is 18.7 Å². The van der Waals surface area contributed by atoms with Gasteiger partial charge in [0, 0.05) is 6.42 Å². The second-order valence-corrected chi connectivity index (χ2v) is 7.13. The summed E-state index contributed by atoms with van der Waals surface area (Å²) in [5.41, 5.74) is 4.42. The van der Waals surface area contributed by atoms with Gasteiger partial charge in [0.15, 0.2) is 0 Å². The second-order valence-electron chi connectivity index (χ2n) is 7.13. The highest BCUT2D eigenvalue weighted by atomic mass is 16.5. The molecular formula is C20H22N5O3+. The van der Waals surface area contributed by atoms with Crippen molar-refractivity contribution in [2.75, 3.05) is 4.90 Å². The summed E-state index contributed by atoms with van der Waals surface area (Å²) in [6.07, 6.45) is 3.84. The summed E-state index contributed by atoms with van der Waals surface area (Å²) in [6.45, 7) is 6.25. The van der Waals surface area contributed by atoms with E-state index < -0.39 is 12.1 Å². The number of aromatic amines is 1. The van der Waals surface area contributed by atoms with Gasteiger partial charge in [-0.3, -0.25) is 4.79 Å². The molecule has 0 spiro atoms. The highest BCUT2D eigenvalue weighted by Gasteiger charge is 2.40. The summed E-state index contributed by atoms with van der Waals surface area (Å²) in [5, 5.41) is 9.79. The smallest absolute Gasteiger partial charge is 0.329 e. The standard InChI is InChI=1S/C20H21N5O3/c1-12-5-4-6-15(7-12)8-18-19(26)25(20(27)22-18)16-9-21-24(10-16)11-17-13(2)23-28-14(17)3/h4-7,9-10,18H,8,11H2,1-3H3,(H,22,27)/p+1. The van der Waals surface area contributed by atoms with E-state index in [9.17, 15) is 9.59 Å². The number of carbonyl (C=O) groups excluding carboxylic acids is 2. The Bertz CT molecular complexity index is 1030. The molecule has 1 unspecified atom stereocenters. The van der Waals surface area contributed by atoms with E-state index in [1.165, 1.54) is 4.90 Å². The number of rotatable bonds is 5. The quantitative estimate of drug-likeness (QED) is 0.522. The van der Waals surface area contributed by atoms with Crippen LogP contribution in [-0.4, -0.2) is 28.2 Å². The van der Waals surface area contributed by atoms with Crippen LogP contribution in [-0.2, 0) is 17.8 Å². The Hall–Kier alpha value is -3.42. The summed E-state index contributed by atoms with van der Waals surface area (Å²) in [5.74, 6) is 0.490. The lowest BCUT2D eigenvalue weighted by Crippen LogP contribution is -2.36. The minimum Gasteiger partial charge on any atom is -0.361 e. The highest BCUT2D eigenvalue weighted by molar-refractivity contribution is 6.21. The third-order valence-corrected chi connectivity index (χ3v) is 4.98. The first-order valence-electron chi connectivity index (χ1n) is 9.12. The summed E-state index contributed by atoms with van der Waals surface area (Å²) in [4.78, 5) is 26.4. The molecule has 1 aromatic carbocycles. The normalized spacial score (nSPS) is 16.7. The van der Waals surface area contributed by atoms with Crippen LogP contribution in [0.25, 0.3) is 0 Å². The van der Waals surface area contributed by atoms with Crippen molar-refractivity contribution in [2.24, 2.45) is 0 Å². The fourth-order valence-electron chi connectivity index (χ4n) is 3.48. The van der Waals surface area contributed by atoms with Crippen LogP contribution in [0.2, 0.25) is 0 Å². The molecule has 2 aromatic heterocycles. The molecule has 144 valence electrons. The first-order valence-corrected chi connectivity index (χ1v) is 9.12. The molecule has 4 rings (SSSR count). The lowest BCUT2D eigenvalue weighted by atomic mass is 10.0. The third kappa shape index (κ3) is 3.28. The number of benzene rings is 1. The largest absolute Gasteiger partial charge is 0.361 e. The first-order chi connectivity index (χ1) is 13.4. The minimum atomic E-state index is -0.569. The van der Waals surface area contributed by atoms with E-state index in [4.69, 9.17) is 4.52 Å². The zero-order valence-electron chi connectivity index (χ0n) is 16.0. The number of nitrogens with one attached hydrogen (secondary N) is 2. The molecule has 3 aromatic rings. The Balaban J connectivity index is 1.51. The van der Waals surface area contributed by atoms with Crippen LogP contribution in [0.3, 0.4) is 0 Å². The molecule has 2 N–H and O–H groups in total. The number of nitrogens with zero attached hydrogens (tertiary/aromatic N) is 3. The van der Waals surface area contributed by atoms with Gasteiger partial charge in [-0.15, -0.1) is 4.68 Å². The molecule has 8 heteroatoms. The number of H-pyrrole nitrogens is 1. The fourth-order valence-corrected chi connectivity index (χ4v) is 3.48. The number of hydrogen-bond donors (Lipinski definition) is 2. The number of amides is 3. The van der Waals surface area contributed by atoms with Crippen molar-refractivity contribution in [1.82, 2.24) is 15.6 Å². The number of carbonyl (C=O) groups is 2. The molecule has 28 heavy (non-hydrogen) atoms. The van der Waals surface area contributed by atoms with E-state index in [1.807, 2.05) is 45.0 Å². The summed E-state index contributed by atoms with van der Waals surface area (Å²) in [7, 11) is 0. The summed E-state index contributed by atoms with van der Waals surface area (Å²) < 4.78 is 6.97. The molecule has 1 aliphatic heterocycles. The average molecular weight is 380 g/mol. The fraction of sp³-hybridized carbons (Fsp3) is 0.300. The number of urea groups is 1. The summed E-state index contributed by atoms with van der Waals surface area (Å²) >= 11 is 0. The topological polar surface area (TPSA) is 95.1 Å². The van der Waals surface area contributed by atoms with Crippen LogP contribution in [0.5, 0.6) is 0 Å². The van der Waals surface area contributed by atoms with Crippen molar-refractivity contribution in [2.45, 2.75) is 39.8 Å². The zero-order valence-corrected chi connectivity index (χ0v) is 16.0.